The van der Waals surface area contributed by atoms with Gasteiger partial charge in [-0.3, -0.25) is 9.78 Å². The van der Waals surface area contributed by atoms with Gasteiger partial charge in [-0.15, -0.1) is 0 Å². The number of alkyl halides is 1. The van der Waals surface area contributed by atoms with Gasteiger partial charge in [0.05, 0.1) is 17.7 Å². The zero-order chi connectivity index (χ0) is 14.6. The molecule has 3 nitrogen and oxygen atoms in total. The summed E-state index contributed by atoms with van der Waals surface area (Å²) in [5.74, 6) is -0.168. The number of amides is 1. The minimum absolute atomic E-state index is 0.0407. The Balaban J connectivity index is 1.90. The average Bonchev–Trinajstić information content (AvgIpc) is 2.93. The topological polar surface area (TPSA) is 42.0 Å². The molecular formula is C16H23FN2O. The number of rotatable bonds is 5. The highest BCUT2D eigenvalue weighted by atomic mass is 19.1. The molecule has 1 N–H and O–H groups in total. The number of hydrogen-bond donors (Lipinski definition) is 1. The summed E-state index contributed by atoms with van der Waals surface area (Å²) in [4.78, 5) is 16.3. The molecule has 0 radical (unpaired) electrons. The molecule has 0 aliphatic heterocycles. The Morgan fingerprint density at radius 3 is 2.75 bits per heavy atom. The molecule has 0 bridgehead atoms. The van der Waals surface area contributed by atoms with E-state index in [2.05, 4.69) is 10.3 Å². The van der Waals surface area contributed by atoms with Crippen LogP contribution < -0.4 is 5.32 Å². The van der Waals surface area contributed by atoms with Crippen LogP contribution in [0.3, 0.4) is 0 Å². The molecule has 1 aliphatic carbocycles. The van der Waals surface area contributed by atoms with E-state index in [0.717, 1.165) is 31.4 Å². The Morgan fingerprint density at radius 1 is 1.45 bits per heavy atom. The van der Waals surface area contributed by atoms with Crippen molar-refractivity contribution in [2.75, 3.05) is 0 Å². The lowest BCUT2D eigenvalue weighted by Gasteiger charge is -2.26. The number of nitrogens with one attached hydrogen (secondary N) is 1. The van der Waals surface area contributed by atoms with Gasteiger partial charge in [0, 0.05) is 6.20 Å². The van der Waals surface area contributed by atoms with E-state index in [4.69, 9.17) is 0 Å². The lowest BCUT2D eigenvalue weighted by Crippen LogP contribution is -2.42. The second kappa shape index (κ2) is 6.33. The first-order valence-corrected chi connectivity index (χ1v) is 7.35. The van der Waals surface area contributed by atoms with E-state index in [1.165, 1.54) is 0 Å². The normalized spacial score (nSPS) is 17.9. The predicted octanol–water partition coefficient (Wildman–Crippen LogP) is 3.35. The molecule has 1 amide bonds. The van der Waals surface area contributed by atoms with Crippen LogP contribution >= 0.6 is 0 Å². The molecule has 0 saturated heterocycles. The molecule has 1 saturated carbocycles. The van der Waals surface area contributed by atoms with Gasteiger partial charge < -0.3 is 5.32 Å². The van der Waals surface area contributed by atoms with Crippen molar-refractivity contribution in [3.05, 3.63) is 30.1 Å². The van der Waals surface area contributed by atoms with Gasteiger partial charge in [-0.05, 0) is 44.7 Å². The minimum Gasteiger partial charge on any atom is -0.345 e. The second-order valence-electron chi connectivity index (χ2n) is 6.15. The standard InChI is InChI=1S/C16H23FN2O/c1-16(2,14-9-5-6-10-18-14)19-15(20)11-13(17)12-7-3-4-8-12/h5-6,9-10,12-13H,3-4,7-8,11H2,1-2H3,(H,19,20)/t13-/m0/s1. The van der Waals surface area contributed by atoms with Crippen LogP contribution in [0, 0.1) is 5.92 Å². The van der Waals surface area contributed by atoms with Gasteiger partial charge in [0.2, 0.25) is 5.91 Å². The second-order valence-corrected chi connectivity index (χ2v) is 6.15. The van der Waals surface area contributed by atoms with Crippen LogP contribution in [0.25, 0.3) is 0 Å². The molecule has 1 aromatic heterocycles. The van der Waals surface area contributed by atoms with Crippen LogP contribution in [0.1, 0.15) is 51.6 Å². The summed E-state index contributed by atoms with van der Waals surface area (Å²) >= 11 is 0. The molecule has 0 aromatic carbocycles. The smallest absolute Gasteiger partial charge is 0.223 e. The minimum atomic E-state index is -1.02. The van der Waals surface area contributed by atoms with Gasteiger partial charge in [-0.2, -0.15) is 0 Å². The number of hydrogen-bond acceptors (Lipinski definition) is 2. The van der Waals surface area contributed by atoms with Gasteiger partial charge in [0.25, 0.3) is 0 Å². The molecule has 0 unspecified atom stereocenters. The molecule has 110 valence electrons. The number of halogens is 1. The molecule has 0 spiro atoms. The Labute approximate surface area is 120 Å². The third kappa shape index (κ3) is 3.78. The number of carbonyl (C=O) groups excluding carboxylic acids is 1. The quantitative estimate of drug-likeness (QED) is 0.897. The summed E-state index contributed by atoms with van der Waals surface area (Å²) in [5, 5.41) is 2.89. The molecular weight excluding hydrogens is 255 g/mol. The van der Waals surface area contributed by atoms with E-state index in [-0.39, 0.29) is 18.2 Å². The fourth-order valence-corrected chi connectivity index (χ4v) is 2.86. The summed E-state index contributed by atoms with van der Waals surface area (Å²) in [6.45, 7) is 3.77. The molecule has 1 heterocycles. The van der Waals surface area contributed by atoms with Crippen LogP contribution in [0.2, 0.25) is 0 Å². The zero-order valence-electron chi connectivity index (χ0n) is 12.2. The third-order valence-corrected chi connectivity index (χ3v) is 4.05. The van der Waals surface area contributed by atoms with Gasteiger partial charge in [-0.1, -0.05) is 18.9 Å². The maximum absolute atomic E-state index is 14.1. The van der Waals surface area contributed by atoms with E-state index >= 15 is 0 Å². The molecule has 4 heteroatoms. The maximum Gasteiger partial charge on any atom is 0.223 e. The van der Waals surface area contributed by atoms with Crippen molar-refractivity contribution in [3.63, 3.8) is 0 Å². The van der Waals surface area contributed by atoms with Crippen LogP contribution in [0.5, 0.6) is 0 Å². The van der Waals surface area contributed by atoms with Crippen LogP contribution in [0.15, 0.2) is 24.4 Å². The summed E-state index contributed by atoms with van der Waals surface area (Å²) in [6.07, 6.45) is 4.65. The summed E-state index contributed by atoms with van der Waals surface area (Å²) in [7, 11) is 0. The molecule has 20 heavy (non-hydrogen) atoms. The Kier molecular flexibility index (Phi) is 4.73. The summed E-state index contributed by atoms with van der Waals surface area (Å²) in [6, 6.07) is 5.58. The van der Waals surface area contributed by atoms with E-state index < -0.39 is 11.7 Å². The third-order valence-electron chi connectivity index (χ3n) is 4.05. The lowest BCUT2D eigenvalue weighted by atomic mass is 9.97. The Hall–Kier alpha value is -1.45. The highest BCUT2D eigenvalue weighted by Crippen LogP contribution is 2.31. The highest BCUT2D eigenvalue weighted by molar-refractivity contribution is 5.77. The van der Waals surface area contributed by atoms with Crippen molar-refractivity contribution in [2.45, 2.75) is 57.7 Å². The monoisotopic (exact) mass is 278 g/mol. The Bertz CT molecular complexity index is 441. The van der Waals surface area contributed by atoms with Crippen molar-refractivity contribution < 1.29 is 9.18 Å². The van der Waals surface area contributed by atoms with Gasteiger partial charge in [0.1, 0.15) is 6.17 Å². The zero-order valence-corrected chi connectivity index (χ0v) is 12.2. The van der Waals surface area contributed by atoms with Gasteiger partial charge in [0.15, 0.2) is 0 Å². The van der Waals surface area contributed by atoms with Gasteiger partial charge in [-0.25, -0.2) is 4.39 Å². The van der Waals surface area contributed by atoms with Crippen molar-refractivity contribution >= 4 is 5.91 Å². The molecule has 1 atom stereocenters. The largest absolute Gasteiger partial charge is 0.345 e. The first-order chi connectivity index (χ1) is 9.49. The molecule has 1 fully saturated rings. The molecule has 2 rings (SSSR count). The number of pyridine rings is 1. The fraction of sp³-hybridized carbons (Fsp3) is 0.625. The van der Waals surface area contributed by atoms with E-state index in [9.17, 15) is 9.18 Å². The predicted molar refractivity (Wildman–Crippen MR) is 76.9 cm³/mol. The molecule has 1 aromatic rings. The number of carbonyl (C=O) groups is 1. The number of aromatic nitrogens is 1. The van der Waals surface area contributed by atoms with Crippen LogP contribution in [-0.4, -0.2) is 17.1 Å². The van der Waals surface area contributed by atoms with E-state index in [1.54, 1.807) is 6.20 Å². The summed E-state index contributed by atoms with van der Waals surface area (Å²) in [5.41, 5.74) is 0.206. The Morgan fingerprint density at radius 2 is 2.15 bits per heavy atom. The lowest BCUT2D eigenvalue weighted by molar-refractivity contribution is -0.124. The maximum atomic E-state index is 14.1. The first-order valence-electron chi connectivity index (χ1n) is 7.35. The van der Waals surface area contributed by atoms with Crippen molar-refractivity contribution in [3.8, 4) is 0 Å². The van der Waals surface area contributed by atoms with Crippen molar-refractivity contribution in [1.82, 2.24) is 10.3 Å². The highest BCUT2D eigenvalue weighted by Gasteiger charge is 2.29. The number of nitrogens with zero attached hydrogens (tertiary/aromatic N) is 1. The van der Waals surface area contributed by atoms with Crippen LogP contribution in [0.4, 0.5) is 4.39 Å². The SMILES string of the molecule is CC(C)(NC(=O)C[C@H](F)C1CCCC1)c1ccccn1. The fourth-order valence-electron chi connectivity index (χ4n) is 2.86. The first kappa shape index (κ1) is 14.9. The van der Waals surface area contributed by atoms with Gasteiger partial charge >= 0.3 is 0 Å². The van der Waals surface area contributed by atoms with Crippen molar-refractivity contribution in [2.24, 2.45) is 5.92 Å². The van der Waals surface area contributed by atoms with E-state index in [0.29, 0.717) is 0 Å². The van der Waals surface area contributed by atoms with Crippen molar-refractivity contribution in [1.29, 1.82) is 0 Å². The molecule has 1 aliphatic rings. The van der Waals surface area contributed by atoms with Crippen LogP contribution in [-0.2, 0) is 10.3 Å². The summed E-state index contributed by atoms with van der Waals surface area (Å²) < 4.78 is 14.1. The van der Waals surface area contributed by atoms with E-state index in [1.807, 2.05) is 32.0 Å². The average molecular weight is 278 g/mol.